The number of carbonyl (C=O) groups is 1. The number of fused-ring (bicyclic) bond motifs is 1. The average Bonchev–Trinajstić information content (AvgIpc) is 3.29. The predicted octanol–water partition coefficient (Wildman–Crippen LogP) is 1.95. The molecule has 4 heterocycles. The van der Waals surface area contributed by atoms with Gasteiger partial charge in [0.25, 0.3) is 5.91 Å². The van der Waals surface area contributed by atoms with Gasteiger partial charge in [0, 0.05) is 35.6 Å². The first-order valence-electron chi connectivity index (χ1n) is 9.13. The van der Waals surface area contributed by atoms with Crippen molar-refractivity contribution in [1.82, 2.24) is 19.9 Å². The molecule has 3 aromatic heterocycles. The smallest absolute Gasteiger partial charge is 0.259 e. The Morgan fingerprint density at radius 3 is 2.57 bits per heavy atom. The molecule has 1 aliphatic heterocycles. The summed E-state index contributed by atoms with van der Waals surface area (Å²) in [4.78, 5) is 29.4. The largest absolute Gasteiger partial charge is 0.441 e. The summed E-state index contributed by atoms with van der Waals surface area (Å²) >= 11 is 0. The van der Waals surface area contributed by atoms with Crippen LogP contribution in [0.5, 0.6) is 0 Å². The monoisotopic (exact) mass is 428 g/mol. The number of pyridine rings is 1. The minimum Gasteiger partial charge on any atom is -0.441 e. The maximum absolute atomic E-state index is 12.9. The molecule has 30 heavy (non-hydrogen) atoms. The Kier molecular flexibility index (Phi) is 5.18. The van der Waals surface area contributed by atoms with Crippen molar-refractivity contribution >= 4 is 15.8 Å². The second-order valence-corrected chi connectivity index (χ2v) is 8.66. The zero-order valence-corrected chi connectivity index (χ0v) is 17.5. The number of hydrogen-bond acceptors (Lipinski definition) is 8. The van der Waals surface area contributed by atoms with Gasteiger partial charge in [-0.2, -0.15) is 0 Å². The van der Waals surface area contributed by atoms with Gasteiger partial charge in [-0.25, -0.2) is 24.3 Å². The summed E-state index contributed by atoms with van der Waals surface area (Å²) in [5, 5.41) is 5.68. The number of rotatable bonds is 4. The summed E-state index contributed by atoms with van der Waals surface area (Å²) < 4.78 is 27.7. The van der Waals surface area contributed by atoms with E-state index >= 15 is 0 Å². The Labute approximate surface area is 173 Å². The third-order valence-corrected chi connectivity index (χ3v) is 5.73. The minimum absolute atomic E-state index is 0.151. The summed E-state index contributed by atoms with van der Waals surface area (Å²) in [5.41, 5.74) is 3.95. The van der Waals surface area contributed by atoms with E-state index in [1.54, 1.807) is 39.2 Å². The highest BCUT2D eigenvalue weighted by molar-refractivity contribution is 7.91. The van der Waals surface area contributed by atoms with Crippen molar-refractivity contribution in [2.75, 3.05) is 0 Å². The third-order valence-electron chi connectivity index (χ3n) is 4.55. The lowest BCUT2D eigenvalue weighted by atomic mass is 9.98. The Bertz CT molecular complexity index is 1260. The van der Waals surface area contributed by atoms with Crippen molar-refractivity contribution < 1.29 is 18.2 Å². The van der Waals surface area contributed by atoms with Crippen molar-refractivity contribution in [3.05, 3.63) is 52.6 Å². The molecule has 156 valence electrons. The summed E-state index contributed by atoms with van der Waals surface area (Å²) in [5.74, 6) is 0.298. The number of amides is 1. The van der Waals surface area contributed by atoms with Crippen LogP contribution in [0.3, 0.4) is 0 Å². The molecule has 1 unspecified atom stereocenters. The van der Waals surface area contributed by atoms with Crippen molar-refractivity contribution in [3.8, 4) is 11.3 Å². The number of oxazole rings is 1. The topological polar surface area (TPSA) is 146 Å². The lowest BCUT2D eigenvalue weighted by Crippen LogP contribution is -2.20. The molecule has 0 saturated carbocycles. The molecular formula is C19H20N6O4S. The number of hydrogen-bond donors (Lipinski definition) is 1. The summed E-state index contributed by atoms with van der Waals surface area (Å²) in [6, 6.07) is 1.72. The third kappa shape index (κ3) is 3.99. The van der Waals surface area contributed by atoms with Crippen LogP contribution in [0.15, 0.2) is 32.4 Å². The van der Waals surface area contributed by atoms with Crippen LogP contribution in [-0.2, 0) is 39.1 Å². The molecule has 1 atom stereocenters. The molecule has 0 aromatic carbocycles. The van der Waals surface area contributed by atoms with Crippen LogP contribution in [0.2, 0.25) is 0 Å². The lowest BCUT2D eigenvalue weighted by molar-refractivity contribution is -0.117. The Balaban J connectivity index is 1.73. The predicted molar refractivity (Wildman–Crippen MR) is 106 cm³/mol. The van der Waals surface area contributed by atoms with Gasteiger partial charge in [-0.3, -0.25) is 9.78 Å². The number of ether oxygens (including phenoxy) is 1. The van der Waals surface area contributed by atoms with Crippen LogP contribution in [0.1, 0.15) is 34.1 Å². The number of aromatic nitrogens is 4. The fourth-order valence-corrected chi connectivity index (χ4v) is 4.28. The molecular weight excluding hydrogens is 408 g/mol. The first-order chi connectivity index (χ1) is 14.2. The van der Waals surface area contributed by atoms with Gasteiger partial charge in [-0.05, 0) is 25.5 Å². The van der Waals surface area contributed by atoms with Crippen LogP contribution in [-0.4, -0.2) is 30.1 Å². The molecule has 2 N–H and O–H groups in total. The van der Waals surface area contributed by atoms with Crippen molar-refractivity contribution in [1.29, 1.82) is 0 Å². The molecule has 0 fully saturated rings. The van der Waals surface area contributed by atoms with Gasteiger partial charge in [-0.15, -0.1) is 4.36 Å². The van der Waals surface area contributed by atoms with Crippen LogP contribution >= 0.6 is 0 Å². The molecule has 11 heteroatoms. The van der Waals surface area contributed by atoms with E-state index in [9.17, 15) is 9.00 Å². The van der Waals surface area contributed by atoms with Crippen LogP contribution < -0.4 is 5.14 Å². The lowest BCUT2D eigenvalue weighted by Gasteiger charge is -2.10. The van der Waals surface area contributed by atoms with E-state index in [1.807, 2.05) is 0 Å². The highest BCUT2D eigenvalue weighted by Gasteiger charge is 2.24. The van der Waals surface area contributed by atoms with E-state index < -0.39 is 15.8 Å². The molecule has 3 aromatic rings. The fourth-order valence-electron chi connectivity index (χ4n) is 3.28. The molecule has 0 spiro atoms. The highest BCUT2D eigenvalue weighted by atomic mass is 32.2. The van der Waals surface area contributed by atoms with E-state index in [0.717, 1.165) is 11.3 Å². The van der Waals surface area contributed by atoms with Crippen LogP contribution in [0.4, 0.5) is 0 Å². The van der Waals surface area contributed by atoms with Crippen molar-refractivity contribution in [2.45, 2.75) is 45.6 Å². The number of nitrogens with zero attached hydrogens (tertiary/aromatic N) is 5. The van der Waals surface area contributed by atoms with Gasteiger partial charge < -0.3 is 9.15 Å². The van der Waals surface area contributed by atoms with E-state index in [2.05, 4.69) is 24.3 Å². The summed E-state index contributed by atoms with van der Waals surface area (Å²) in [6.07, 6.45) is 3.03. The highest BCUT2D eigenvalue weighted by Crippen LogP contribution is 2.32. The SMILES string of the molecule is Cc1cc(C)nc(S(N)(=O)=NC(=O)Cc2c(-c3cnc(C)o3)cnc3c2COC3)n1. The summed E-state index contributed by atoms with van der Waals surface area (Å²) in [7, 11) is -3.59. The maximum atomic E-state index is 12.9. The van der Waals surface area contributed by atoms with E-state index in [-0.39, 0.29) is 11.6 Å². The van der Waals surface area contributed by atoms with Crippen molar-refractivity contribution in [3.63, 3.8) is 0 Å². The van der Waals surface area contributed by atoms with Crippen LogP contribution in [0, 0.1) is 20.8 Å². The second-order valence-electron chi connectivity index (χ2n) is 6.98. The second kappa shape index (κ2) is 7.67. The van der Waals surface area contributed by atoms with Gasteiger partial charge >= 0.3 is 0 Å². The first kappa shape index (κ1) is 20.3. The maximum Gasteiger partial charge on any atom is 0.259 e. The minimum atomic E-state index is -3.59. The Morgan fingerprint density at radius 2 is 1.90 bits per heavy atom. The van der Waals surface area contributed by atoms with Gasteiger partial charge in [0.1, 0.15) is 0 Å². The summed E-state index contributed by atoms with van der Waals surface area (Å²) in [6.45, 7) is 5.83. The fraction of sp³-hybridized carbons (Fsp3) is 0.316. The molecule has 1 amide bonds. The number of carbonyl (C=O) groups excluding carboxylic acids is 1. The normalized spacial score (nSPS) is 14.9. The number of aryl methyl sites for hydroxylation is 3. The van der Waals surface area contributed by atoms with E-state index in [1.165, 1.54) is 0 Å². The quantitative estimate of drug-likeness (QED) is 0.620. The molecule has 0 aliphatic carbocycles. The van der Waals surface area contributed by atoms with Gasteiger partial charge in [0.2, 0.25) is 5.16 Å². The molecule has 0 bridgehead atoms. The Hall–Kier alpha value is -3.02. The molecule has 10 nitrogen and oxygen atoms in total. The van der Waals surface area contributed by atoms with Crippen LogP contribution in [0.25, 0.3) is 11.3 Å². The van der Waals surface area contributed by atoms with Gasteiger partial charge in [0.15, 0.2) is 21.6 Å². The molecule has 4 rings (SSSR count). The van der Waals surface area contributed by atoms with E-state index in [0.29, 0.717) is 47.4 Å². The Morgan fingerprint density at radius 1 is 1.17 bits per heavy atom. The van der Waals surface area contributed by atoms with Gasteiger partial charge in [-0.1, -0.05) is 0 Å². The average molecular weight is 428 g/mol. The molecule has 0 saturated heterocycles. The first-order valence-corrected chi connectivity index (χ1v) is 10.7. The molecule has 1 aliphatic rings. The zero-order valence-electron chi connectivity index (χ0n) is 16.7. The van der Waals surface area contributed by atoms with Gasteiger partial charge in [0.05, 0.1) is 31.5 Å². The van der Waals surface area contributed by atoms with Crippen molar-refractivity contribution in [2.24, 2.45) is 9.50 Å². The number of nitrogens with two attached hydrogens (primary N) is 1. The van der Waals surface area contributed by atoms with E-state index in [4.69, 9.17) is 14.3 Å². The standard InChI is InChI=1S/C19H20N6O4S/c1-10-4-11(2)24-19(23-10)30(20,27)25-18(26)5-13-14(17-7-21-12(3)29-17)6-22-16-9-28-8-15(13)16/h4,6-7H,5,8-9H2,1-3H3,(H2,20,25,26,27). The molecule has 0 radical (unpaired) electrons. The zero-order chi connectivity index (χ0) is 21.5.